The first-order chi connectivity index (χ1) is 17.3. The lowest BCUT2D eigenvalue weighted by Gasteiger charge is -2.18. The highest BCUT2D eigenvalue weighted by atomic mass is 19.4. The minimum atomic E-state index is -4.49. The maximum atomic E-state index is 13.8. The van der Waals surface area contributed by atoms with Crippen LogP contribution in [0.2, 0.25) is 0 Å². The van der Waals surface area contributed by atoms with Gasteiger partial charge in [-0.2, -0.15) is 18.4 Å². The molecular weight excluding hydrogens is 472 g/mol. The molecule has 180 valence electrons. The molecule has 5 nitrogen and oxygen atoms in total. The van der Waals surface area contributed by atoms with Gasteiger partial charge in [0.2, 0.25) is 0 Å². The molecule has 3 heterocycles. The number of hydrogen-bond acceptors (Lipinski definition) is 3. The fraction of sp³-hybridized carbons (Fsp3) is 0.148. The number of hydrogen-bond donors (Lipinski definition) is 1. The number of nitrogens with one attached hydrogen (secondary N) is 1. The third-order valence-electron chi connectivity index (χ3n) is 6.22. The van der Waals surface area contributed by atoms with E-state index < -0.39 is 17.6 Å². The average Bonchev–Trinajstić information content (AvgIpc) is 3.20. The van der Waals surface area contributed by atoms with E-state index in [9.17, 15) is 27.6 Å². The van der Waals surface area contributed by atoms with Crippen LogP contribution in [0.3, 0.4) is 0 Å². The van der Waals surface area contributed by atoms with Crippen molar-refractivity contribution in [3.63, 3.8) is 0 Å². The molecule has 0 aliphatic carbocycles. The SMILES string of the molecule is N#Cc1cc(F)ccc1Cn1c2c(c(-c3ccc(C(F)(F)F)cc3)c1-c1ccncc1)C(=O)NCC2. The standard InChI is InChI=1S/C27H18F4N4O/c28-21-6-3-18(19(13-21)14-32)15-35-22-9-12-34-26(36)24(22)23(25(35)17-7-10-33-11-8-17)16-1-4-20(5-2-16)27(29,30)31/h1-8,10-11,13H,9,12,15H2,(H,34,36). The molecule has 0 saturated heterocycles. The number of carbonyl (C=O) groups excluding carboxylic acids is 1. The van der Waals surface area contributed by atoms with Crippen molar-refractivity contribution in [2.45, 2.75) is 19.1 Å². The summed E-state index contributed by atoms with van der Waals surface area (Å²) in [6, 6.07) is 14.1. The van der Waals surface area contributed by atoms with Crippen molar-refractivity contribution in [3.05, 3.63) is 101 Å². The minimum absolute atomic E-state index is 0.162. The molecule has 0 atom stereocenters. The first-order valence-electron chi connectivity index (χ1n) is 11.1. The van der Waals surface area contributed by atoms with Crippen LogP contribution in [0.5, 0.6) is 0 Å². The van der Waals surface area contributed by atoms with E-state index in [4.69, 9.17) is 0 Å². The molecule has 9 heteroatoms. The molecule has 4 aromatic rings. The largest absolute Gasteiger partial charge is 0.416 e. The van der Waals surface area contributed by atoms with Crippen molar-refractivity contribution >= 4 is 5.91 Å². The quantitative estimate of drug-likeness (QED) is 0.380. The molecule has 2 aromatic carbocycles. The van der Waals surface area contributed by atoms with E-state index in [0.29, 0.717) is 52.2 Å². The second-order valence-electron chi connectivity index (χ2n) is 8.36. The summed E-state index contributed by atoms with van der Waals surface area (Å²) in [5.41, 5.74) is 3.22. The van der Waals surface area contributed by atoms with Crippen LogP contribution >= 0.6 is 0 Å². The van der Waals surface area contributed by atoms with Crippen molar-refractivity contribution in [2.24, 2.45) is 0 Å². The Morgan fingerprint density at radius 1 is 1.00 bits per heavy atom. The zero-order valence-electron chi connectivity index (χ0n) is 18.7. The van der Waals surface area contributed by atoms with E-state index in [0.717, 1.165) is 18.2 Å². The minimum Gasteiger partial charge on any atom is -0.352 e. The predicted octanol–water partition coefficient (Wildman–Crippen LogP) is 5.58. The Bertz CT molecular complexity index is 1500. The second-order valence-corrected chi connectivity index (χ2v) is 8.36. The molecule has 1 amide bonds. The van der Waals surface area contributed by atoms with E-state index in [-0.39, 0.29) is 18.0 Å². The van der Waals surface area contributed by atoms with Crippen LogP contribution in [-0.4, -0.2) is 22.0 Å². The number of aromatic nitrogens is 2. The number of fused-ring (bicyclic) bond motifs is 1. The number of carbonyl (C=O) groups is 1. The van der Waals surface area contributed by atoms with Gasteiger partial charge in [-0.3, -0.25) is 9.78 Å². The Labute approximate surface area is 203 Å². The molecule has 0 spiro atoms. The third-order valence-corrected chi connectivity index (χ3v) is 6.22. The van der Waals surface area contributed by atoms with E-state index in [1.54, 1.807) is 24.5 Å². The molecule has 5 rings (SSSR count). The zero-order chi connectivity index (χ0) is 25.4. The highest BCUT2D eigenvalue weighted by Crippen LogP contribution is 2.42. The van der Waals surface area contributed by atoms with Crippen LogP contribution in [0.1, 0.15) is 32.7 Å². The number of rotatable bonds is 4. The van der Waals surface area contributed by atoms with E-state index in [1.807, 2.05) is 10.6 Å². The molecule has 0 radical (unpaired) electrons. The smallest absolute Gasteiger partial charge is 0.352 e. The number of halogens is 4. The van der Waals surface area contributed by atoms with Gasteiger partial charge in [0.05, 0.1) is 28.5 Å². The molecule has 0 saturated carbocycles. The highest BCUT2D eigenvalue weighted by Gasteiger charge is 2.33. The van der Waals surface area contributed by atoms with Crippen LogP contribution in [0.15, 0.2) is 67.0 Å². The molecule has 1 aliphatic rings. The highest BCUT2D eigenvalue weighted by molar-refractivity contribution is 6.07. The normalized spacial score (nSPS) is 13.1. The van der Waals surface area contributed by atoms with E-state index in [2.05, 4.69) is 10.3 Å². The molecule has 1 N–H and O–H groups in total. The number of nitrogens with zero attached hydrogens (tertiary/aromatic N) is 3. The second kappa shape index (κ2) is 8.96. The lowest BCUT2D eigenvalue weighted by atomic mass is 9.94. The summed E-state index contributed by atoms with van der Waals surface area (Å²) < 4.78 is 55.3. The van der Waals surface area contributed by atoms with Gasteiger partial charge in [0.1, 0.15) is 5.82 Å². The monoisotopic (exact) mass is 490 g/mol. The summed E-state index contributed by atoms with van der Waals surface area (Å²) in [4.78, 5) is 17.2. The predicted molar refractivity (Wildman–Crippen MR) is 124 cm³/mol. The number of nitriles is 1. The maximum Gasteiger partial charge on any atom is 0.416 e. The van der Waals surface area contributed by atoms with Gasteiger partial charge in [0.15, 0.2) is 0 Å². The van der Waals surface area contributed by atoms with Crippen molar-refractivity contribution in [2.75, 3.05) is 6.54 Å². The Morgan fingerprint density at radius 2 is 1.72 bits per heavy atom. The van der Waals surface area contributed by atoms with Crippen molar-refractivity contribution in [1.29, 1.82) is 5.26 Å². The van der Waals surface area contributed by atoms with Gasteiger partial charge in [0.25, 0.3) is 5.91 Å². The Balaban J connectivity index is 1.79. The van der Waals surface area contributed by atoms with Crippen LogP contribution in [0.25, 0.3) is 22.4 Å². The number of alkyl halides is 3. The van der Waals surface area contributed by atoms with Gasteiger partial charge in [-0.25, -0.2) is 4.39 Å². The van der Waals surface area contributed by atoms with Gasteiger partial charge in [0, 0.05) is 48.7 Å². The van der Waals surface area contributed by atoms with Crippen molar-refractivity contribution in [3.8, 4) is 28.5 Å². The molecule has 0 fully saturated rings. The topological polar surface area (TPSA) is 70.7 Å². The van der Waals surface area contributed by atoms with Gasteiger partial charge in [-0.05, 0) is 47.5 Å². The summed E-state index contributed by atoms with van der Waals surface area (Å²) in [6.45, 7) is 0.545. The summed E-state index contributed by atoms with van der Waals surface area (Å²) in [6.07, 6.45) is -0.851. The van der Waals surface area contributed by atoms with Gasteiger partial charge in [-0.1, -0.05) is 18.2 Å². The summed E-state index contributed by atoms with van der Waals surface area (Å²) in [5.74, 6) is -0.871. The van der Waals surface area contributed by atoms with Gasteiger partial charge in [-0.15, -0.1) is 0 Å². The third kappa shape index (κ3) is 4.11. The molecule has 0 unspecified atom stereocenters. The Morgan fingerprint density at radius 3 is 2.39 bits per heavy atom. The van der Waals surface area contributed by atoms with Crippen LogP contribution in [-0.2, 0) is 19.1 Å². The first-order valence-corrected chi connectivity index (χ1v) is 11.1. The van der Waals surface area contributed by atoms with Crippen LogP contribution in [0.4, 0.5) is 17.6 Å². The fourth-order valence-electron chi connectivity index (χ4n) is 4.61. The van der Waals surface area contributed by atoms with Gasteiger partial charge < -0.3 is 9.88 Å². The van der Waals surface area contributed by atoms with E-state index >= 15 is 0 Å². The zero-order valence-corrected chi connectivity index (χ0v) is 18.7. The molecule has 0 bridgehead atoms. The van der Waals surface area contributed by atoms with Crippen LogP contribution < -0.4 is 5.32 Å². The van der Waals surface area contributed by atoms with Gasteiger partial charge >= 0.3 is 6.18 Å². The number of amides is 1. The fourth-order valence-corrected chi connectivity index (χ4v) is 4.61. The van der Waals surface area contributed by atoms with Crippen molar-refractivity contribution < 1.29 is 22.4 Å². The summed E-state index contributed by atoms with van der Waals surface area (Å²) in [7, 11) is 0. The number of benzene rings is 2. The molecule has 2 aromatic heterocycles. The number of pyridine rings is 1. The van der Waals surface area contributed by atoms with Crippen LogP contribution in [0, 0.1) is 17.1 Å². The van der Waals surface area contributed by atoms with E-state index in [1.165, 1.54) is 24.3 Å². The molecule has 1 aliphatic heterocycles. The average molecular weight is 490 g/mol. The molecular formula is C27H18F4N4O. The lowest BCUT2D eigenvalue weighted by molar-refractivity contribution is -0.137. The van der Waals surface area contributed by atoms with Crippen molar-refractivity contribution in [1.82, 2.24) is 14.9 Å². The molecule has 36 heavy (non-hydrogen) atoms. The lowest BCUT2D eigenvalue weighted by Crippen LogP contribution is -2.32. The summed E-state index contributed by atoms with van der Waals surface area (Å²) >= 11 is 0. The summed E-state index contributed by atoms with van der Waals surface area (Å²) in [5, 5.41) is 12.4. The first kappa shape index (κ1) is 23.3. The maximum absolute atomic E-state index is 13.8. The Kier molecular flexibility index (Phi) is 5.80. The Hall–Kier alpha value is -4.45.